The molecular weight excluding hydrogens is 472 g/mol. The van der Waals surface area contributed by atoms with E-state index in [0.717, 1.165) is 21.7 Å². The molecule has 1 unspecified atom stereocenters. The number of thioether (sulfide) groups is 1. The smallest absolute Gasteiger partial charge is 0.336 e. The highest BCUT2D eigenvalue weighted by atomic mass is 32.2. The number of benzene rings is 4. The van der Waals surface area contributed by atoms with Gasteiger partial charge >= 0.3 is 5.97 Å². The Hall–Kier alpha value is -4.36. The van der Waals surface area contributed by atoms with Crippen LogP contribution >= 0.6 is 11.8 Å². The molecule has 1 atom stereocenters. The van der Waals surface area contributed by atoms with Gasteiger partial charge in [0.2, 0.25) is 5.91 Å². The Balaban J connectivity index is 1.56. The van der Waals surface area contributed by atoms with Gasteiger partial charge in [0.15, 0.2) is 0 Å². The zero-order valence-corrected chi connectivity index (χ0v) is 20.3. The molecule has 6 nitrogen and oxygen atoms in total. The average molecular weight is 497 g/mol. The monoisotopic (exact) mass is 496 g/mol. The fraction of sp³-hybridized carbons (Fsp3) is 0.0690. The SMILES string of the molecule is Cc1cccc(NC(=O)C(Sc2cccc(NC(=O)c3ccccc3C(=O)O)c2)c2ccccc2)c1. The molecule has 0 aliphatic heterocycles. The maximum Gasteiger partial charge on any atom is 0.336 e. The first kappa shape index (κ1) is 24.8. The molecule has 180 valence electrons. The summed E-state index contributed by atoms with van der Waals surface area (Å²) in [5, 5.41) is 14.6. The van der Waals surface area contributed by atoms with Crippen molar-refractivity contribution in [3.05, 3.63) is 125 Å². The molecule has 0 spiro atoms. The van der Waals surface area contributed by atoms with E-state index in [2.05, 4.69) is 10.6 Å². The molecule has 0 fully saturated rings. The molecule has 0 aromatic heterocycles. The predicted molar refractivity (Wildman–Crippen MR) is 143 cm³/mol. The molecule has 7 heteroatoms. The Labute approximate surface area is 213 Å². The minimum Gasteiger partial charge on any atom is -0.478 e. The highest BCUT2D eigenvalue weighted by Gasteiger charge is 2.23. The number of rotatable bonds is 8. The fourth-order valence-electron chi connectivity index (χ4n) is 3.68. The number of hydrogen-bond acceptors (Lipinski definition) is 4. The third-order valence-electron chi connectivity index (χ3n) is 5.37. The van der Waals surface area contributed by atoms with Gasteiger partial charge in [0.25, 0.3) is 5.91 Å². The first-order chi connectivity index (χ1) is 17.4. The minimum atomic E-state index is -1.17. The number of aromatic carboxylic acids is 1. The van der Waals surface area contributed by atoms with E-state index < -0.39 is 17.1 Å². The molecule has 0 saturated carbocycles. The number of anilines is 2. The largest absolute Gasteiger partial charge is 0.478 e. The molecule has 0 aliphatic rings. The summed E-state index contributed by atoms with van der Waals surface area (Å²) < 4.78 is 0. The van der Waals surface area contributed by atoms with Gasteiger partial charge in [-0.05, 0) is 60.5 Å². The molecule has 0 aliphatic carbocycles. The Bertz CT molecular complexity index is 1410. The van der Waals surface area contributed by atoms with E-state index in [9.17, 15) is 19.5 Å². The molecule has 4 aromatic carbocycles. The molecule has 2 amide bonds. The van der Waals surface area contributed by atoms with Crippen LogP contribution in [-0.4, -0.2) is 22.9 Å². The van der Waals surface area contributed by atoms with Crippen LogP contribution in [0.15, 0.2) is 108 Å². The number of aryl methyl sites for hydroxylation is 1. The standard InChI is InChI=1S/C29H24N2O4S/c1-19-9-7-12-21(17-19)31-28(33)26(20-10-3-2-4-11-20)36-23-14-8-13-22(18-23)30-27(32)24-15-5-6-16-25(24)29(34)35/h2-18,26H,1H3,(H,30,32)(H,31,33)(H,34,35). The lowest BCUT2D eigenvalue weighted by Gasteiger charge is -2.18. The maximum absolute atomic E-state index is 13.3. The quantitative estimate of drug-likeness (QED) is 0.245. The van der Waals surface area contributed by atoms with Crippen LogP contribution in [0, 0.1) is 6.92 Å². The second kappa shape index (κ2) is 11.4. The first-order valence-electron chi connectivity index (χ1n) is 11.2. The van der Waals surface area contributed by atoms with Crippen LogP contribution in [0.2, 0.25) is 0 Å². The van der Waals surface area contributed by atoms with Gasteiger partial charge in [-0.25, -0.2) is 4.79 Å². The van der Waals surface area contributed by atoms with Crippen molar-refractivity contribution in [2.24, 2.45) is 0 Å². The summed E-state index contributed by atoms with van der Waals surface area (Å²) in [6.45, 7) is 1.97. The summed E-state index contributed by atoms with van der Waals surface area (Å²) in [5.74, 6) is -1.86. The minimum absolute atomic E-state index is 0.0718. The van der Waals surface area contributed by atoms with E-state index in [-0.39, 0.29) is 17.0 Å². The Morgan fingerprint density at radius 3 is 2.06 bits per heavy atom. The van der Waals surface area contributed by atoms with Gasteiger partial charge in [-0.3, -0.25) is 9.59 Å². The number of nitrogens with one attached hydrogen (secondary N) is 2. The molecule has 4 aromatic rings. The van der Waals surface area contributed by atoms with Crippen molar-refractivity contribution in [1.29, 1.82) is 0 Å². The number of carbonyl (C=O) groups is 3. The van der Waals surface area contributed by atoms with Crippen molar-refractivity contribution in [2.75, 3.05) is 10.6 Å². The molecule has 36 heavy (non-hydrogen) atoms. The number of carboxylic acids is 1. The molecule has 3 N–H and O–H groups in total. The summed E-state index contributed by atoms with van der Waals surface area (Å²) in [6, 6.07) is 30.3. The van der Waals surface area contributed by atoms with Crippen LogP contribution in [0.25, 0.3) is 0 Å². The summed E-state index contributed by atoms with van der Waals surface area (Å²) in [4.78, 5) is 38.4. The molecule has 0 heterocycles. The number of hydrogen-bond donors (Lipinski definition) is 3. The average Bonchev–Trinajstić information content (AvgIpc) is 2.88. The zero-order chi connectivity index (χ0) is 25.5. The highest BCUT2D eigenvalue weighted by Crippen LogP contribution is 2.37. The maximum atomic E-state index is 13.3. The summed E-state index contributed by atoms with van der Waals surface area (Å²) in [5.41, 5.74) is 3.11. The summed E-state index contributed by atoms with van der Waals surface area (Å²) in [7, 11) is 0. The highest BCUT2D eigenvalue weighted by molar-refractivity contribution is 8.00. The van der Waals surface area contributed by atoms with Gasteiger partial charge < -0.3 is 15.7 Å². The summed E-state index contributed by atoms with van der Waals surface area (Å²) >= 11 is 1.36. The van der Waals surface area contributed by atoms with Crippen LogP contribution < -0.4 is 10.6 Å². The predicted octanol–water partition coefficient (Wildman–Crippen LogP) is 6.42. The van der Waals surface area contributed by atoms with Crippen LogP contribution in [-0.2, 0) is 4.79 Å². The normalized spacial score (nSPS) is 11.4. The third kappa shape index (κ3) is 6.20. The second-order valence-corrected chi connectivity index (χ2v) is 9.28. The van der Waals surface area contributed by atoms with E-state index in [4.69, 9.17) is 0 Å². The van der Waals surface area contributed by atoms with Crippen LogP contribution in [0.4, 0.5) is 11.4 Å². The zero-order valence-electron chi connectivity index (χ0n) is 19.5. The van der Waals surface area contributed by atoms with Gasteiger partial charge in [-0.15, -0.1) is 11.8 Å². The van der Waals surface area contributed by atoms with Crippen molar-refractivity contribution in [3.63, 3.8) is 0 Å². The van der Waals surface area contributed by atoms with Crippen molar-refractivity contribution >= 4 is 40.9 Å². The van der Waals surface area contributed by atoms with Gasteiger partial charge in [-0.1, -0.05) is 60.7 Å². The number of carboxylic acid groups (broad SMARTS) is 1. The Kier molecular flexibility index (Phi) is 7.82. The number of carbonyl (C=O) groups excluding carboxylic acids is 2. The van der Waals surface area contributed by atoms with Gasteiger partial charge in [0, 0.05) is 16.3 Å². The van der Waals surface area contributed by atoms with E-state index in [1.165, 1.54) is 23.9 Å². The van der Waals surface area contributed by atoms with Gasteiger partial charge in [0.05, 0.1) is 11.1 Å². The van der Waals surface area contributed by atoms with Gasteiger partial charge in [-0.2, -0.15) is 0 Å². The molecule has 0 saturated heterocycles. The van der Waals surface area contributed by atoms with Crippen molar-refractivity contribution in [2.45, 2.75) is 17.1 Å². The van der Waals surface area contributed by atoms with E-state index in [0.29, 0.717) is 5.69 Å². The van der Waals surface area contributed by atoms with Crippen LogP contribution in [0.1, 0.15) is 37.1 Å². The van der Waals surface area contributed by atoms with Crippen LogP contribution in [0.5, 0.6) is 0 Å². The lowest BCUT2D eigenvalue weighted by Crippen LogP contribution is -2.19. The Morgan fingerprint density at radius 1 is 0.722 bits per heavy atom. The van der Waals surface area contributed by atoms with E-state index in [1.807, 2.05) is 67.6 Å². The lowest BCUT2D eigenvalue weighted by atomic mass is 10.1. The van der Waals surface area contributed by atoms with Crippen LogP contribution in [0.3, 0.4) is 0 Å². The topological polar surface area (TPSA) is 95.5 Å². The molecule has 0 radical (unpaired) electrons. The molecular formula is C29H24N2O4S. The second-order valence-electron chi connectivity index (χ2n) is 8.10. The lowest BCUT2D eigenvalue weighted by molar-refractivity contribution is -0.115. The first-order valence-corrected chi connectivity index (χ1v) is 12.1. The number of amides is 2. The third-order valence-corrected chi connectivity index (χ3v) is 6.62. The van der Waals surface area contributed by atoms with E-state index >= 15 is 0 Å². The van der Waals surface area contributed by atoms with E-state index in [1.54, 1.807) is 30.3 Å². The molecule has 4 rings (SSSR count). The summed E-state index contributed by atoms with van der Waals surface area (Å²) in [6.07, 6.45) is 0. The van der Waals surface area contributed by atoms with Gasteiger partial charge in [0.1, 0.15) is 5.25 Å². The van der Waals surface area contributed by atoms with Crippen molar-refractivity contribution in [3.8, 4) is 0 Å². The van der Waals surface area contributed by atoms with Crippen molar-refractivity contribution in [1.82, 2.24) is 0 Å². The Morgan fingerprint density at radius 2 is 1.36 bits per heavy atom. The molecule has 0 bridgehead atoms. The fourth-order valence-corrected chi connectivity index (χ4v) is 4.76. The van der Waals surface area contributed by atoms with Crippen molar-refractivity contribution < 1.29 is 19.5 Å².